The number of carbonyl (C=O) groups excluding carboxylic acids is 1. The number of anilines is 1. The van der Waals surface area contributed by atoms with Crippen molar-refractivity contribution in [2.75, 3.05) is 5.32 Å². The molecule has 1 N–H and O–H groups in total. The highest BCUT2D eigenvalue weighted by atomic mass is 32.2. The maximum Gasteiger partial charge on any atom is 0.255 e. The van der Waals surface area contributed by atoms with E-state index in [1.807, 2.05) is 36.6 Å². The van der Waals surface area contributed by atoms with Crippen LogP contribution in [0.4, 0.5) is 5.69 Å². The zero-order chi connectivity index (χ0) is 18.4. The summed E-state index contributed by atoms with van der Waals surface area (Å²) in [5.74, 6) is 1.22. The van der Waals surface area contributed by atoms with Gasteiger partial charge in [-0.1, -0.05) is 17.7 Å². The average Bonchev–Trinajstić information content (AvgIpc) is 2.66. The smallest absolute Gasteiger partial charge is 0.255 e. The molecule has 4 nitrogen and oxygen atoms in total. The lowest BCUT2D eigenvalue weighted by Gasteiger charge is -2.08. The van der Waals surface area contributed by atoms with E-state index in [4.69, 9.17) is 10.00 Å². The van der Waals surface area contributed by atoms with Crippen LogP contribution in [0.5, 0.6) is 11.5 Å². The van der Waals surface area contributed by atoms with Gasteiger partial charge >= 0.3 is 0 Å². The Balaban J connectivity index is 1.63. The lowest BCUT2D eigenvalue weighted by Crippen LogP contribution is -2.11. The van der Waals surface area contributed by atoms with Gasteiger partial charge in [0.2, 0.25) is 0 Å². The van der Waals surface area contributed by atoms with Gasteiger partial charge < -0.3 is 10.1 Å². The molecule has 3 aromatic rings. The maximum atomic E-state index is 12.3. The Hall–Kier alpha value is -3.23. The summed E-state index contributed by atoms with van der Waals surface area (Å²) < 4.78 is 5.76. The van der Waals surface area contributed by atoms with E-state index in [-0.39, 0.29) is 5.91 Å². The van der Waals surface area contributed by atoms with Crippen LogP contribution in [0, 0.1) is 17.6 Å². The molecule has 5 heteroatoms. The third-order valence-corrected chi connectivity index (χ3v) is 4.25. The van der Waals surface area contributed by atoms with E-state index in [2.05, 4.69) is 5.32 Å². The van der Waals surface area contributed by atoms with Gasteiger partial charge in [0.1, 0.15) is 16.9 Å². The second-order valence-corrected chi connectivity index (χ2v) is 6.47. The molecule has 0 fully saturated rings. The Morgan fingerprint density at radius 1 is 0.923 bits per heavy atom. The molecule has 0 aliphatic carbocycles. The van der Waals surface area contributed by atoms with E-state index < -0.39 is 0 Å². The normalized spacial score (nSPS) is 10.0. The van der Waals surface area contributed by atoms with Gasteiger partial charge in [-0.05, 0) is 79.3 Å². The molecule has 0 saturated heterocycles. The number of hydrogen-bond acceptors (Lipinski definition) is 4. The topological polar surface area (TPSA) is 62.1 Å². The summed E-state index contributed by atoms with van der Waals surface area (Å²) in [5, 5.41) is 13.5. The van der Waals surface area contributed by atoms with E-state index in [1.165, 1.54) is 5.56 Å². The van der Waals surface area contributed by atoms with E-state index in [0.29, 0.717) is 17.0 Å². The van der Waals surface area contributed by atoms with E-state index in [1.54, 1.807) is 48.5 Å². The van der Waals surface area contributed by atoms with Crippen molar-refractivity contribution < 1.29 is 9.53 Å². The predicted molar refractivity (Wildman–Crippen MR) is 104 cm³/mol. The van der Waals surface area contributed by atoms with Crippen LogP contribution in [0.15, 0.2) is 77.7 Å². The van der Waals surface area contributed by atoms with Crippen LogP contribution < -0.4 is 10.1 Å². The monoisotopic (exact) mass is 360 g/mol. The van der Waals surface area contributed by atoms with Gasteiger partial charge in [0.25, 0.3) is 5.91 Å². The highest BCUT2D eigenvalue weighted by molar-refractivity contribution is 8.03. The van der Waals surface area contributed by atoms with Crippen LogP contribution in [0.3, 0.4) is 0 Å². The first-order valence-corrected chi connectivity index (χ1v) is 8.77. The molecule has 0 unspecified atom stereocenters. The number of carbonyl (C=O) groups is 1. The Kier molecular flexibility index (Phi) is 5.57. The fourth-order valence-electron chi connectivity index (χ4n) is 2.28. The summed E-state index contributed by atoms with van der Waals surface area (Å²) in [4.78, 5) is 13.2. The van der Waals surface area contributed by atoms with E-state index in [9.17, 15) is 4.79 Å². The zero-order valence-corrected chi connectivity index (χ0v) is 14.9. The molecule has 0 heterocycles. The number of thioether (sulfide) groups is 1. The van der Waals surface area contributed by atoms with Crippen LogP contribution in [0.2, 0.25) is 0 Å². The lowest BCUT2D eigenvalue weighted by molar-refractivity contribution is 0.102. The standard InChI is InChI=1S/C21H16N2O2S/c1-15-2-8-18(9-3-15)25-19-10-4-16(5-11-19)21(24)23-17-6-12-20(13-7-17)26-14-22/h2-13H,1H3,(H,23,24). The maximum absolute atomic E-state index is 12.3. The summed E-state index contributed by atoms with van der Waals surface area (Å²) >= 11 is 1.08. The van der Waals surface area contributed by atoms with Crippen LogP contribution >= 0.6 is 11.8 Å². The first-order valence-electron chi connectivity index (χ1n) is 7.96. The van der Waals surface area contributed by atoms with Crippen molar-refractivity contribution in [2.45, 2.75) is 11.8 Å². The van der Waals surface area contributed by atoms with Gasteiger partial charge in [-0.2, -0.15) is 5.26 Å². The molecule has 3 aromatic carbocycles. The molecule has 1 amide bonds. The number of rotatable bonds is 5. The SMILES string of the molecule is Cc1ccc(Oc2ccc(C(=O)Nc3ccc(SC#N)cc3)cc2)cc1. The number of nitrogens with one attached hydrogen (secondary N) is 1. The minimum Gasteiger partial charge on any atom is -0.457 e. The highest BCUT2D eigenvalue weighted by Gasteiger charge is 2.07. The second kappa shape index (κ2) is 8.24. The third-order valence-electron chi connectivity index (χ3n) is 3.65. The van der Waals surface area contributed by atoms with Gasteiger partial charge in [0.15, 0.2) is 0 Å². The molecule has 0 aliphatic heterocycles. The Labute approximate surface area is 156 Å². The fraction of sp³-hybridized carbons (Fsp3) is 0.0476. The number of hydrogen-bond donors (Lipinski definition) is 1. The van der Waals surface area contributed by atoms with Gasteiger partial charge in [0.05, 0.1) is 0 Å². The zero-order valence-electron chi connectivity index (χ0n) is 14.1. The summed E-state index contributed by atoms with van der Waals surface area (Å²) in [7, 11) is 0. The number of benzene rings is 3. The van der Waals surface area contributed by atoms with Crippen molar-refractivity contribution in [1.82, 2.24) is 0 Å². The molecule has 26 heavy (non-hydrogen) atoms. The Morgan fingerprint density at radius 3 is 2.08 bits per heavy atom. The summed E-state index contributed by atoms with van der Waals surface area (Å²) in [6.07, 6.45) is 0. The quantitative estimate of drug-likeness (QED) is 0.474. The minimum absolute atomic E-state index is 0.201. The molecule has 0 aliphatic rings. The Morgan fingerprint density at radius 2 is 1.50 bits per heavy atom. The summed E-state index contributed by atoms with van der Waals surface area (Å²) in [6, 6.07) is 21.9. The molecule has 0 spiro atoms. The molecule has 0 radical (unpaired) electrons. The van der Waals surface area contributed by atoms with Gasteiger partial charge in [-0.15, -0.1) is 0 Å². The molecule has 0 aromatic heterocycles. The summed E-state index contributed by atoms with van der Waals surface area (Å²) in [5.41, 5.74) is 2.39. The number of thiocyanates is 1. The van der Waals surface area contributed by atoms with Crippen LogP contribution in [0.25, 0.3) is 0 Å². The van der Waals surface area contributed by atoms with Crippen LogP contribution in [-0.2, 0) is 0 Å². The van der Waals surface area contributed by atoms with E-state index >= 15 is 0 Å². The van der Waals surface area contributed by atoms with Crippen molar-refractivity contribution in [3.8, 4) is 16.9 Å². The second-order valence-electron chi connectivity index (χ2n) is 5.61. The fourth-order valence-corrected chi connectivity index (χ4v) is 2.66. The minimum atomic E-state index is -0.201. The van der Waals surface area contributed by atoms with Crippen LogP contribution in [0.1, 0.15) is 15.9 Å². The number of amides is 1. The average molecular weight is 360 g/mol. The lowest BCUT2D eigenvalue weighted by atomic mass is 10.2. The van der Waals surface area contributed by atoms with Gasteiger partial charge in [-0.25, -0.2) is 0 Å². The molecule has 3 rings (SSSR count). The number of aryl methyl sites for hydroxylation is 1. The molecular weight excluding hydrogens is 344 g/mol. The van der Waals surface area contributed by atoms with Crippen molar-refractivity contribution in [2.24, 2.45) is 0 Å². The first-order chi connectivity index (χ1) is 12.6. The first kappa shape index (κ1) is 17.6. The Bertz CT molecular complexity index is 928. The molecular formula is C21H16N2O2S. The summed E-state index contributed by atoms with van der Waals surface area (Å²) in [6.45, 7) is 2.02. The predicted octanol–water partition coefficient (Wildman–Crippen LogP) is 5.61. The molecule has 0 atom stereocenters. The molecule has 0 bridgehead atoms. The van der Waals surface area contributed by atoms with E-state index in [0.717, 1.165) is 22.4 Å². The largest absolute Gasteiger partial charge is 0.457 e. The number of ether oxygens (including phenoxy) is 1. The van der Waals surface area contributed by atoms with Crippen molar-refractivity contribution in [3.05, 3.63) is 83.9 Å². The van der Waals surface area contributed by atoms with Crippen molar-refractivity contribution in [3.63, 3.8) is 0 Å². The third kappa shape index (κ3) is 4.65. The van der Waals surface area contributed by atoms with Gasteiger partial charge in [0, 0.05) is 16.1 Å². The molecule has 0 saturated carbocycles. The van der Waals surface area contributed by atoms with Crippen molar-refractivity contribution in [1.29, 1.82) is 5.26 Å². The number of nitrogens with zero attached hydrogens (tertiary/aromatic N) is 1. The molecule has 128 valence electrons. The van der Waals surface area contributed by atoms with Crippen LogP contribution in [-0.4, -0.2) is 5.91 Å². The number of nitriles is 1. The van der Waals surface area contributed by atoms with Gasteiger partial charge in [-0.3, -0.25) is 4.79 Å². The highest BCUT2D eigenvalue weighted by Crippen LogP contribution is 2.23. The van der Waals surface area contributed by atoms with Crippen molar-refractivity contribution >= 4 is 23.4 Å².